The first-order chi connectivity index (χ1) is 5.48. The van der Waals surface area contributed by atoms with Gasteiger partial charge in [-0.3, -0.25) is 0 Å². The summed E-state index contributed by atoms with van der Waals surface area (Å²) < 4.78 is 1.05. The average Bonchev–Trinajstić information content (AvgIpc) is 1.96. The molecule has 0 aliphatic heterocycles. The van der Waals surface area contributed by atoms with Crippen molar-refractivity contribution in [2.45, 2.75) is 58.3 Å². The average molecular weight is 276 g/mol. The van der Waals surface area contributed by atoms with Crippen LogP contribution >= 0.6 is 0 Å². The molecular weight excluding hydrogens is 251 g/mol. The molecule has 0 amide bonds. The summed E-state index contributed by atoms with van der Waals surface area (Å²) in [4.78, 5) is 7.62. The molecule has 73 valence electrons. The van der Waals surface area contributed by atoms with Gasteiger partial charge in [0.1, 0.15) is 0 Å². The van der Waals surface area contributed by atoms with Crippen molar-refractivity contribution in [1.29, 1.82) is 0 Å². The summed E-state index contributed by atoms with van der Waals surface area (Å²) in [5.74, 6) is 0. The fourth-order valence-corrected chi connectivity index (χ4v) is 4.10. The van der Waals surface area contributed by atoms with Gasteiger partial charge in [0, 0.05) is 0 Å². The minimum atomic E-state index is -1.52. The van der Waals surface area contributed by atoms with E-state index in [4.69, 9.17) is 0 Å². The number of rotatable bonds is 6. The van der Waals surface area contributed by atoms with Crippen LogP contribution in [-0.2, 0) is 0 Å². The Hall–Kier alpha value is 0.799. The van der Waals surface area contributed by atoms with E-state index in [9.17, 15) is 0 Å². The summed E-state index contributed by atoms with van der Waals surface area (Å²) in [6.07, 6.45) is 7.89. The molecule has 0 heterocycles. The monoisotopic (exact) mass is 277 g/mol. The Bertz CT molecular complexity index is 102. The van der Waals surface area contributed by atoms with Gasteiger partial charge in [-0.05, 0) is 0 Å². The maximum atomic E-state index is 2.54. The van der Waals surface area contributed by atoms with Crippen molar-refractivity contribution in [2.24, 2.45) is 0 Å². The van der Waals surface area contributed by atoms with E-state index in [0.717, 1.165) is 3.93 Å². The van der Waals surface area contributed by atoms with E-state index < -0.39 is 18.4 Å². The van der Waals surface area contributed by atoms with E-state index in [2.05, 4.69) is 35.1 Å². The van der Waals surface area contributed by atoms with Gasteiger partial charge >= 0.3 is 83.1 Å². The standard InChI is InChI=1S/C8H16.3CH3.Sn/c1-3-5-7-8-6-4-2;;;;/h3,8H,4-7H2,1-2H3;3*1H3;. The van der Waals surface area contributed by atoms with Crippen LogP contribution in [-0.4, -0.2) is 18.4 Å². The van der Waals surface area contributed by atoms with Gasteiger partial charge in [-0.1, -0.05) is 0 Å². The predicted octanol–water partition coefficient (Wildman–Crippen LogP) is 4.50. The van der Waals surface area contributed by atoms with E-state index in [-0.39, 0.29) is 0 Å². The van der Waals surface area contributed by atoms with E-state index in [1.165, 1.54) is 25.7 Å². The van der Waals surface area contributed by atoms with Crippen molar-refractivity contribution in [1.82, 2.24) is 0 Å². The van der Waals surface area contributed by atoms with Crippen molar-refractivity contribution in [2.75, 3.05) is 0 Å². The minimum absolute atomic E-state index is 1.05. The van der Waals surface area contributed by atoms with E-state index in [1.54, 1.807) is 0 Å². The molecule has 12 heavy (non-hydrogen) atoms. The predicted molar refractivity (Wildman–Crippen MR) is 61.2 cm³/mol. The second-order valence-corrected chi connectivity index (χ2v) is 21.2. The van der Waals surface area contributed by atoms with Gasteiger partial charge < -0.3 is 0 Å². The van der Waals surface area contributed by atoms with Crippen molar-refractivity contribution < 1.29 is 0 Å². The quantitative estimate of drug-likeness (QED) is 0.495. The van der Waals surface area contributed by atoms with Crippen LogP contribution in [0.5, 0.6) is 0 Å². The Morgan fingerprint density at radius 2 is 1.75 bits per heavy atom. The third kappa shape index (κ3) is 6.33. The second-order valence-electron chi connectivity index (χ2n) is 4.92. The van der Waals surface area contributed by atoms with Crippen molar-refractivity contribution >= 4 is 18.4 Å². The summed E-state index contributed by atoms with van der Waals surface area (Å²) in [5, 5.41) is 0. The van der Waals surface area contributed by atoms with E-state index >= 15 is 0 Å². The third-order valence-electron chi connectivity index (χ3n) is 2.78. The van der Waals surface area contributed by atoms with Gasteiger partial charge in [0.05, 0.1) is 0 Å². The molecule has 0 bridgehead atoms. The first kappa shape index (κ1) is 12.8. The van der Waals surface area contributed by atoms with Gasteiger partial charge in [-0.2, -0.15) is 0 Å². The molecule has 1 atom stereocenters. The van der Waals surface area contributed by atoms with Gasteiger partial charge in [-0.25, -0.2) is 0 Å². The molecule has 0 fully saturated rings. The first-order valence-corrected chi connectivity index (χ1v) is 15.5. The van der Waals surface area contributed by atoms with Crippen LogP contribution in [0, 0.1) is 6.42 Å². The van der Waals surface area contributed by atoms with Crippen molar-refractivity contribution in [3.63, 3.8) is 0 Å². The van der Waals surface area contributed by atoms with Crippen LogP contribution in [0.15, 0.2) is 0 Å². The summed E-state index contributed by atoms with van der Waals surface area (Å²) in [6, 6.07) is 0. The molecule has 0 aliphatic rings. The molecule has 0 aromatic rings. The summed E-state index contributed by atoms with van der Waals surface area (Å²) in [5.41, 5.74) is 0. The second kappa shape index (κ2) is 6.28. The van der Waals surface area contributed by atoms with Crippen molar-refractivity contribution in [3.8, 4) is 0 Å². The molecule has 0 rings (SSSR count). The molecule has 0 nitrogen and oxygen atoms in total. The van der Waals surface area contributed by atoms with E-state index in [0.29, 0.717) is 0 Å². The topological polar surface area (TPSA) is 0 Å². The van der Waals surface area contributed by atoms with Gasteiger partial charge in [0.25, 0.3) is 0 Å². The molecule has 1 unspecified atom stereocenters. The zero-order valence-electron chi connectivity index (χ0n) is 9.48. The van der Waals surface area contributed by atoms with Crippen LogP contribution in [0.4, 0.5) is 0 Å². The third-order valence-corrected chi connectivity index (χ3v) is 12.0. The Kier molecular flexibility index (Phi) is 6.70. The van der Waals surface area contributed by atoms with Crippen LogP contribution in [0.1, 0.15) is 39.5 Å². The van der Waals surface area contributed by atoms with Gasteiger partial charge in [0.15, 0.2) is 0 Å². The first-order valence-electron chi connectivity index (χ1n) is 5.30. The van der Waals surface area contributed by atoms with E-state index in [1.807, 2.05) is 0 Å². The zero-order valence-corrected chi connectivity index (χ0v) is 12.3. The Balaban J connectivity index is 3.38. The normalized spacial score (nSPS) is 14.8. The molecular formula is C11H25Sn. The van der Waals surface area contributed by atoms with Gasteiger partial charge in [0.2, 0.25) is 0 Å². The number of hydrogen-bond acceptors (Lipinski definition) is 0. The van der Waals surface area contributed by atoms with Gasteiger partial charge in [-0.15, -0.1) is 0 Å². The van der Waals surface area contributed by atoms with Crippen LogP contribution in [0.25, 0.3) is 0 Å². The molecule has 1 heteroatoms. The van der Waals surface area contributed by atoms with Crippen LogP contribution in [0.3, 0.4) is 0 Å². The molecule has 0 N–H and O–H groups in total. The molecule has 0 aliphatic carbocycles. The Labute approximate surface area is 83.0 Å². The molecule has 0 saturated heterocycles. The summed E-state index contributed by atoms with van der Waals surface area (Å²) >= 11 is -1.52. The fraction of sp³-hybridized carbons (Fsp3) is 0.909. The summed E-state index contributed by atoms with van der Waals surface area (Å²) in [7, 11) is 0. The number of hydrogen-bond donors (Lipinski definition) is 0. The zero-order chi connectivity index (χ0) is 9.61. The summed E-state index contributed by atoms with van der Waals surface area (Å²) in [6.45, 7) is 4.71. The number of unbranched alkanes of at least 4 members (excludes halogenated alkanes) is 3. The Morgan fingerprint density at radius 3 is 2.17 bits per heavy atom. The molecule has 0 saturated carbocycles. The molecule has 0 aromatic heterocycles. The molecule has 0 aromatic carbocycles. The molecule has 1 radical (unpaired) electrons. The fourth-order valence-electron chi connectivity index (χ4n) is 1.15. The van der Waals surface area contributed by atoms with Crippen molar-refractivity contribution in [3.05, 3.63) is 6.42 Å². The SMILES string of the molecule is CCC[CH]CC[CH](C)[Sn]([CH3])([CH3])[CH3]. The molecule has 0 spiro atoms. The Morgan fingerprint density at radius 1 is 1.17 bits per heavy atom. The van der Waals surface area contributed by atoms with Crippen LogP contribution < -0.4 is 0 Å². The van der Waals surface area contributed by atoms with Crippen LogP contribution in [0.2, 0.25) is 18.8 Å². The maximum absolute atomic E-state index is 2.54.